The van der Waals surface area contributed by atoms with Gasteiger partial charge < -0.3 is 9.64 Å². The monoisotopic (exact) mass is 378 g/mol. The summed E-state index contributed by atoms with van der Waals surface area (Å²) in [7, 11) is 0. The summed E-state index contributed by atoms with van der Waals surface area (Å²) in [5.41, 5.74) is 1.23. The van der Waals surface area contributed by atoms with Crippen LogP contribution in [0.15, 0.2) is 54.9 Å². The average Bonchev–Trinajstić information content (AvgIpc) is 2.70. The van der Waals surface area contributed by atoms with Crippen molar-refractivity contribution >= 4 is 34.0 Å². The van der Waals surface area contributed by atoms with E-state index in [4.69, 9.17) is 16.3 Å². The van der Waals surface area contributed by atoms with Crippen LogP contribution in [0.4, 0.5) is 5.69 Å². The molecule has 136 valence electrons. The molecule has 0 saturated carbocycles. The second-order valence-electron chi connectivity index (χ2n) is 7.26. The average molecular weight is 379 g/mol. The largest absolute Gasteiger partial charge is 0.493 e. The van der Waals surface area contributed by atoms with Gasteiger partial charge in [0.15, 0.2) is 0 Å². The van der Waals surface area contributed by atoms with E-state index in [2.05, 4.69) is 11.1 Å². The molecule has 2 aliphatic rings. The maximum atomic E-state index is 13.8. The lowest BCUT2D eigenvalue weighted by atomic mass is 9.69. The van der Waals surface area contributed by atoms with Gasteiger partial charge in [-0.25, -0.2) is 0 Å². The van der Waals surface area contributed by atoms with Crippen molar-refractivity contribution in [3.8, 4) is 5.75 Å². The topological polar surface area (TPSA) is 42.4 Å². The van der Waals surface area contributed by atoms with Crippen LogP contribution in [0.5, 0.6) is 5.75 Å². The molecule has 4 nitrogen and oxygen atoms in total. The fourth-order valence-corrected chi connectivity index (χ4v) is 4.68. The summed E-state index contributed by atoms with van der Waals surface area (Å²) in [6.07, 6.45) is 6.07. The number of amides is 1. The fourth-order valence-electron chi connectivity index (χ4n) is 4.51. The lowest BCUT2D eigenvalue weighted by Gasteiger charge is -2.44. The third-order valence-electron chi connectivity index (χ3n) is 5.82. The molecule has 0 radical (unpaired) electrons. The van der Waals surface area contributed by atoms with Gasteiger partial charge >= 0.3 is 0 Å². The van der Waals surface area contributed by atoms with Crippen LogP contribution in [0.25, 0.3) is 10.8 Å². The van der Waals surface area contributed by atoms with Crippen molar-refractivity contribution in [3.63, 3.8) is 0 Å². The maximum Gasteiger partial charge on any atom is 0.237 e. The van der Waals surface area contributed by atoms with E-state index in [-0.39, 0.29) is 5.91 Å². The van der Waals surface area contributed by atoms with Crippen molar-refractivity contribution in [1.29, 1.82) is 0 Å². The Bertz CT molecular complexity index is 1050. The van der Waals surface area contributed by atoms with Gasteiger partial charge in [-0.2, -0.15) is 0 Å². The number of nitrogens with zero attached hydrogens (tertiary/aromatic N) is 2. The second kappa shape index (κ2) is 6.24. The molecule has 3 heterocycles. The molecule has 5 rings (SSSR count). The highest BCUT2D eigenvalue weighted by Crippen LogP contribution is 2.47. The van der Waals surface area contributed by atoms with Gasteiger partial charge in [0.2, 0.25) is 5.91 Å². The van der Waals surface area contributed by atoms with Crippen LogP contribution in [0.1, 0.15) is 24.8 Å². The Morgan fingerprint density at radius 3 is 2.93 bits per heavy atom. The highest BCUT2D eigenvalue weighted by Gasteiger charge is 2.49. The number of aromatic nitrogens is 1. The number of fused-ring (bicyclic) bond motifs is 3. The Kier molecular flexibility index (Phi) is 3.83. The van der Waals surface area contributed by atoms with Gasteiger partial charge in [0.1, 0.15) is 5.75 Å². The summed E-state index contributed by atoms with van der Waals surface area (Å²) in [6, 6.07) is 13.7. The molecule has 0 aliphatic carbocycles. The van der Waals surface area contributed by atoms with Gasteiger partial charge in [-0.15, -0.1) is 0 Å². The lowest BCUT2D eigenvalue weighted by Crippen LogP contribution is -2.53. The van der Waals surface area contributed by atoms with Gasteiger partial charge in [-0.3, -0.25) is 9.78 Å². The van der Waals surface area contributed by atoms with Crippen molar-refractivity contribution < 1.29 is 9.53 Å². The van der Waals surface area contributed by atoms with E-state index in [1.807, 2.05) is 47.5 Å². The molecule has 1 saturated heterocycles. The molecule has 2 aromatic carbocycles. The van der Waals surface area contributed by atoms with E-state index in [0.29, 0.717) is 24.6 Å². The van der Waals surface area contributed by atoms with Crippen LogP contribution in [0.3, 0.4) is 0 Å². The van der Waals surface area contributed by atoms with Crippen molar-refractivity contribution in [2.24, 2.45) is 0 Å². The van der Waals surface area contributed by atoms with Crippen molar-refractivity contribution in [1.82, 2.24) is 4.98 Å². The Morgan fingerprint density at radius 1 is 1.11 bits per heavy atom. The Labute approximate surface area is 162 Å². The minimum atomic E-state index is -0.576. The Balaban J connectivity index is 1.65. The zero-order valence-electron chi connectivity index (χ0n) is 14.8. The molecule has 1 aromatic heterocycles. The van der Waals surface area contributed by atoms with Gasteiger partial charge in [0.05, 0.1) is 23.9 Å². The molecule has 2 aliphatic heterocycles. The number of hydrogen-bond donors (Lipinski definition) is 0. The van der Waals surface area contributed by atoms with Gasteiger partial charge in [-0.1, -0.05) is 35.9 Å². The molecule has 0 bridgehead atoms. The van der Waals surface area contributed by atoms with Gasteiger partial charge in [-0.05, 0) is 31.0 Å². The Hall–Kier alpha value is -2.59. The normalized spacial score (nSPS) is 22.0. The predicted molar refractivity (Wildman–Crippen MR) is 107 cm³/mol. The lowest BCUT2D eigenvalue weighted by molar-refractivity contribution is -0.127. The summed E-state index contributed by atoms with van der Waals surface area (Å²) >= 11 is 6.27. The zero-order chi connectivity index (χ0) is 18.4. The van der Waals surface area contributed by atoms with E-state index in [0.717, 1.165) is 40.6 Å². The molecule has 1 amide bonds. The van der Waals surface area contributed by atoms with Crippen molar-refractivity contribution in [2.75, 3.05) is 18.1 Å². The highest BCUT2D eigenvalue weighted by molar-refractivity contribution is 6.30. The van der Waals surface area contributed by atoms with E-state index in [1.54, 1.807) is 6.20 Å². The zero-order valence-corrected chi connectivity index (χ0v) is 15.6. The number of halogens is 1. The number of piperidine rings is 1. The number of hydrogen-bond acceptors (Lipinski definition) is 3. The number of rotatable bonds is 1. The number of anilines is 1. The van der Waals surface area contributed by atoms with Crippen LogP contribution < -0.4 is 9.64 Å². The molecule has 1 atom stereocenters. The summed E-state index contributed by atoms with van der Waals surface area (Å²) in [6.45, 7) is 1.25. The first-order valence-electron chi connectivity index (χ1n) is 9.27. The molecule has 1 spiro atoms. The minimum absolute atomic E-state index is 0.124. The van der Waals surface area contributed by atoms with Crippen LogP contribution >= 0.6 is 11.6 Å². The predicted octanol–water partition coefficient (Wildman–Crippen LogP) is 4.74. The highest BCUT2D eigenvalue weighted by atomic mass is 35.5. The third kappa shape index (κ3) is 2.51. The van der Waals surface area contributed by atoms with Crippen LogP contribution in [-0.2, 0) is 10.2 Å². The van der Waals surface area contributed by atoms with Crippen LogP contribution in [0, 0.1) is 0 Å². The number of carbonyl (C=O) groups excluding carboxylic acids is 1. The Morgan fingerprint density at radius 2 is 2.00 bits per heavy atom. The summed E-state index contributed by atoms with van der Waals surface area (Å²) in [5.74, 6) is 0.899. The number of pyridine rings is 1. The standard InChI is InChI=1S/C22H19ClN2O2/c23-16-6-7-20-18(12-16)22(9-11-27-20)8-3-10-25(21(22)26)19-14-24-13-15-4-1-2-5-17(15)19/h1-2,4-7,12-14H,3,8-11H2. The summed E-state index contributed by atoms with van der Waals surface area (Å²) in [5, 5.41) is 2.73. The first-order valence-corrected chi connectivity index (χ1v) is 9.64. The summed E-state index contributed by atoms with van der Waals surface area (Å²) in [4.78, 5) is 20.1. The number of carbonyl (C=O) groups is 1. The van der Waals surface area contributed by atoms with Crippen molar-refractivity contribution in [3.05, 3.63) is 65.4 Å². The van der Waals surface area contributed by atoms with Gasteiger partial charge in [0, 0.05) is 40.5 Å². The quantitative estimate of drug-likeness (QED) is 0.614. The van der Waals surface area contributed by atoms with E-state index in [9.17, 15) is 4.79 Å². The molecule has 27 heavy (non-hydrogen) atoms. The van der Waals surface area contributed by atoms with E-state index in [1.165, 1.54) is 0 Å². The third-order valence-corrected chi connectivity index (χ3v) is 6.06. The molecule has 3 aromatic rings. The molecular formula is C22H19ClN2O2. The SMILES string of the molecule is O=C1N(c2cncc3ccccc23)CCCC12CCOc1ccc(Cl)cc12. The molecule has 0 N–H and O–H groups in total. The van der Waals surface area contributed by atoms with Gasteiger partial charge in [0.25, 0.3) is 0 Å². The molecule has 1 fully saturated rings. The van der Waals surface area contributed by atoms with E-state index < -0.39 is 5.41 Å². The number of ether oxygens (including phenoxy) is 1. The van der Waals surface area contributed by atoms with Crippen molar-refractivity contribution in [2.45, 2.75) is 24.7 Å². The first-order chi connectivity index (χ1) is 13.2. The molecule has 1 unspecified atom stereocenters. The minimum Gasteiger partial charge on any atom is -0.493 e. The molecular weight excluding hydrogens is 360 g/mol. The summed E-state index contributed by atoms with van der Waals surface area (Å²) < 4.78 is 5.82. The van der Waals surface area contributed by atoms with E-state index >= 15 is 0 Å². The maximum absolute atomic E-state index is 13.8. The van der Waals surface area contributed by atoms with Crippen LogP contribution in [-0.4, -0.2) is 24.0 Å². The van der Waals surface area contributed by atoms with Crippen LogP contribution in [0.2, 0.25) is 5.02 Å². The number of benzene rings is 2. The first kappa shape index (κ1) is 16.6. The second-order valence-corrected chi connectivity index (χ2v) is 7.70. The smallest absolute Gasteiger partial charge is 0.237 e. The fraction of sp³-hybridized carbons (Fsp3) is 0.273. The molecule has 5 heteroatoms.